The molecule has 0 aliphatic carbocycles. The number of carbonyl (C=O) groups excluding carboxylic acids is 1. The van der Waals surface area contributed by atoms with Crippen molar-refractivity contribution in [3.05, 3.63) is 53.1 Å². The highest BCUT2D eigenvalue weighted by molar-refractivity contribution is 7.92. The summed E-state index contributed by atoms with van der Waals surface area (Å²) < 4.78 is 37.7. The second kappa shape index (κ2) is 9.14. The number of hydrogen-bond donors (Lipinski definition) is 1. The van der Waals surface area contributed by atoms with Crippen LogP contribution in [0.5, 0.6) is 11.5 Å². The largest absolute Gasteiger partial charge is 0.486 e. The summed E-state index contributed by atoms with van der Waals surface area (Å²) in [5.41, 5.74) is 1.17. The van der Waals surface area contributed by atoms with Gasteiger partial charge in [0.05, 0.1) is 18.5 Å². The molecule has 0 bridgehead atoms. The van der Waals surface area contributed by atoms with E-state index in [1.165, 1.54) is 0 Å². The molecule has 1 amide bonds. The van der Waals surface area contributed by atoms with Gasteiger partial charge in [-0.05, 0) is 43.2 Å². The Morgan fingerprint density at radius 2 is 1.97 bits per heavy atom. The lowest BCUT2D eigenvalue weighted by atomic mass is 10.1. The lowest BCUT2D eigenvalue weighted by molar-refractivity contribution is -0.122. The lowest BCUT2D eigenvalue weighted by Crippen LogP contribution is -2.51. The zero-order valence-corrected chi connectivity index (χ0v) is 18.7. The number of aryl methyl sites for hydroxylation is 1. The number of benzene rings is 2. The fourth-order valence-corrected chi connectivity index (χ4v) is 4.65. The Hall–Kier alpha value is -2.45. The summed E-state index contributed by atoms with van der Waals surface area (Å²) in [7, 11) is -3.73. The monoisotopic (exact) mass is 452 g/mol. The maximum absolute atomic E-state index is 12.9. The van der Waals surface area contributed by atoms with E-state index in [-0.39, 0.29) is 25.7 Å². The van der Waals surface area contributed by atoms with Gasteiger partial charge in [0, 0.05) is 5.02 Å². The first-order valence-corrected chi connectivity index (χ1v) is 11.8. The van der Waals surface area contributed by atoms with Crippen molar-refractivity contribution >= 4 is 33.2 Å². The van der Waals surface area contributed by atoms with E-state index in [1.54, 1.807) is 31.2 Å². The van der Waals surface area contributed by atoms with Crippen molar-refractivity contribution in [3.8, 4) is 11.5 Å². The molecule has 1 aliphatic rings. The average Bonchev–Trinajstić information content (AvgIpc) is 2.71. The van der Waals surface area contributed by atoms with E-state index in [9.17, 15) is 13.2 Å². The average molecular weight is 453 g/mol. The molecule has 7 nitrogen and oxygen atoms in total. The van der Waals surface area contributed by atoms with Crippen molar-refractivity contribution in [3.63, 3.8) is 0 Å². The maximum Gasteiger partial charge on any atom is 0.244 e. The Bertz CT molecular complexity index is 1030. The first-order chi connectivity index (χ1) is 14.2. The van der Waals surface area contributed by atoms with Crippen molar-refractivity contribution in [2.45, 2.75) is 32.4 Å². The van der Waals surface area contributed by atoms with Crippen LogP contribution in [0.3, 0.4) is 0 Å². The molecule has 0 aromatic heterocycles. The van der Waals surface area contributed by atoms with Gasteiger partial charge in [-0.2, -0.15) is 0 Å². The Morgan fingerprint density at radius 3 is 2.60 bits per heavy atom. The predicted molar refractivity (Wildman–Crippen MR) is 117 cm³/mol. The van der Waals surface area contributed by atoms with Crippen LogP contribution >= 0.6 is 11.6 Å². The van der Waals surface area contributed by atoms with Crippen LogP contribution in [0.1, 0.15) is 18.9 Å². The minimum atomic E-state index is -3.73. The summed E-state index contributed by atoms with van der Waals surface area (Å²) in [5.74, 6) is 0.857. The van der Waals surface area contributed by atoms with Gasteiger partial charge < -0.3 is 14.8 Å². The summed E-state index contributed by atoms with van der Waals surface area (Å²) in [6.07, 6.45) is 0.989. The van der Waals surface area contributed by atoms with Crippen LogP contribution in [0.4, 0.5) is 5.69 Å². The van der Waals surface area contributed by atoms with Gasteiger partial charge in [0.1, 0.15) is 18.8 Å². The molecule has 1 heterocycles. The van der Waals surface area contributed by atoms with Crippen LogP contribution in [0.15, 0.2) is 42.5 Å². The van der Waals surface area contributed by atoms with Gasteiger partial charge in [-0.25, -0.2) is 8.42 Å². The molecule has 30 heavy (non-hydrogen) atoms. The van der Waals surface area contributed by atoms with Gasteiger partial charge in [-0.15, -0.1) is 0 Å². The number of hydrogen-bond acceptors (Lipinski definition) is 5. The smallest absolute Gasteiger partial charge is 0.244 e. The molecule has 0 saturated carbocycles. The normalized spacial score (nSPS) is 16.6. The third-order valence-electron chi connectivity index (χ3n) is 4.81. The van der Waals surface area contributed by atoms with Gasteiger partial charge in [0.15, 0.2) is 11.5 Å². The van der Waals surface area contributed by atoms with Crippen LogP contribution in [0.2, 0.25) is 5.02 Å². The van der Waals surface area contributed by atoms with Crippen LogP contribution in [0, 0.1) is 6.92 Å². The number of carbonyl (C=O) groups is 1. The quantitative estimate of drug-likeness (QED) is 0.697. The number of nitrogens with one attached hydrogen (secondary N) is 1. The van der Waals surface area contributed by atoms with E-state index >= 15 is 0 Å². The number of nitrogens with zero attached hydrogens (tertiary/aromatic N) is 1. The zero-order chi connectivity index (χ0) is 21.9. The Labute approximate surface area is 182 Å². The fourth-order valence-electron chi connectivity index (χ4n) is 3.28. The third kappa shape index (κ3) is 4.99. The van der Waals surface area contributed by atoms with E-state index in [4.69, 9.17) is 21.1 Å². The SMILES string of the molecule is CC[C@@H](C(=O)NC[C@@H]1COc2ccccc2O1)N(c1ccc(C)c(Cl)c1)S(C)(=O)=O. The Balaban J connectivity index is 1.74. The number of sulfonamides is 1. The number of halogens is 1. The molecule has 2 atom stereocenters. The number of anilines is 1. The van der Waals surface area contributed by atoms with Crippen molar-refractivity contribution in [2.75, 3.05) is 23.7 Å². The number of rotatable bonds is 7. The lowest BCUT2D eigenvalue weighted by Gasteiger charge is -2.31. The molecule has 0 unspecified atom stereocenters. The molecule has 3 rings (SSSR count). The molecular weight excluding hydrogens is 428 g/mol. The molecule has 0 radical (unpaired) electrons. The molecule has 9 heteroatoms. The van der Waals surface area contributed by atoms with E-state index in [0.717, 1.165) is 16.1 Å². The first kappa shape index (κ1) is 22.2. The van der Waals surface area contributed by atoms with Gasteiger partial charge >= 0.3 is 0 Å². The number of para-hydroxylation sites is 2. The summed E-state index contributed by atoms with van der Waals surface area (Å²) in [6, 6.07) is 11.3. The van der Waals surface area contributed by atoms with Crippen molar-refractivity contribution in [1.29, 1.82) is 0 Å². The second-order valence-corrected chi connectivity index (χ2v) is 9.43. The summed E-state index contributed by atoms with van der Waals surface area (Å²) in [6.45, 7) is 4.06. The zero-order valence-electron chi connectivity index (χ0n) is 17.1. The van der Waals surface area contributed by atoms with E-state index in [0.29, 0.717) is 22.2 Å². The third-order valence-corrected chi connectivity index (χ3v) is 6.40. The van der Waals surface area contributed by atoms with Crippen molar-refractivity contribution in [1.82, 2.24) is 5.32 Å². The number of fused-ring (bicyclic) bond motifs is 1. The molecular formula is C21H25ClN2O5S. The number of amides is 1. The topological polar surface area (TPSA) is 84.9 Å². The highest BCUT2D eigenvalue weighted by Gasteiger charge is 2.32. The van der Waals surface area contributed by atoms with Crippen LogP contribution in [-0.4, -0.2) is 45.9 Å². The molecule has 0 saturated heterocycles. The molecule has 162 valence electrons. The minimum absolute atomic E-state index is 0.190. The van der Waals surface area contributed by atoms with Crippen molar-refractivity contribution < 1.29 is 22.7 Å². The second-order valence-electron chi connectivity index (χ2n) is 7.16. The first-order valence-electron chi connectivity index (χ1n) is 9.62. The standard InChI is InChI=1S/C21H25ClN2O5S/c1-4-18(24(30(3,26)27)15-10-9-14(2)17(22)11-15)21(25)23-12-16-13-28-19-7-5-6-8-20(19)29-16/h5-11,16,18H,4,12-13H2,1-3H3,(H,23,25)/t16-,18+/m1/s1. The fraction of sp³-hybridized carbons (Fsp3) is 0.381. The molecule has 1 N–H and O–H groups in total. The molecule has 0 fully saturated rings. The molecule has 0 spiro atoms. The number of ether oxygens (including phenoxy) is 2. The highest BCUT2D eigenvalue weighted by atomic mass is 35.5. The summed E-state index contributed by atoms with van der Waals surface area (Å²) >= 11 is 6.19. The van der Waals surface area contributed by atoms with Gasteiger partial charge in [-0.1, -0.05) is 36.7 Å². The molecule has 2 aromatic rings. The van der Waals surface area contributed by atoms with Crippen LogP contribution < -0.4 is 19.1 Å². The minimum Gasteiger partial charge on any atom is -0.486 e. The van der Waals surface area contributed by atoms with Crippen molar-refractivity contribution in [2.24, 2.45) is 0 Å². The maximum atomic E-state index is 12.9. The summed E-state index contributed by atoms with van der Waals surface area (Å²) in [5, 5.41) is 3.23. The van der Waals surface area contributed by atoms with Gasteiger partial charge in [-0.3, -0.25) is 9.10 Å². The highest BCUT2D eigenvalue weighted by Crippen LogP contribution is 2.31. The predicted octanol–water partition coefficient (Wildman–Crippen LogP) is 3.15. The van der Waals surface area contributed by atoms with Gasteiger partial charge in [0.25, 0.3) is 0 Å². The van der Waals surface area contributed by atoms with E-state index < -0.39 is 22.0 Å². The van der Waals surface area contributed by atoms with Crippen LogP contribution in [0.25, 0.3) is 0 Å². The van der Waals surface area contributed by atoms with Gasteiger partial charge in [0.2, 0.25) is 15.9 Å². The molecule has 2 aromatic carbocycles. The van der Waals surface area contributed by atoms with Crippen LogP contribution in [-0.2, 0) is 14.8 Å². The molecule has 1 aliphatic heterocycles. The van der Waals surface area contributed by atoms with E-state index in [1.807, 2.05) is 25.1 Å². The Kier molecular flexibility index (Phi) is 6.77. The summed E-state index contributed by atoms with van der Waals surface area (Å²) in [4.78, 5) is 12.9. The Morgan fingerprint density at radius 1 is 1.27 bits per heavy atom. The van der Waals surface area contributed by atoms with E-state index in [2.05, 4.69) is 5.32 Å².